The average Bonchev–Trinajstić information content (AvgIpc) is 3.34. The van der Waals surface area contributed by atoms with Crippen LogP contribution in [0.4, 0.5) is 0 Å². The van der Waals surface area contributed by atoms with Crippen molar-refractivity contribution in [3.63, 3.8) is 0 Å². The molecule has 1 aliphatic heterocycles. The number of fused-ring (bicyclic) bond motifs is 3. The van der Waals surface area contributed by atoms with Gasteiger partial charge in [0.1, 0.15) is 0 Å². The van der Waals surface area contributed by atoms with Crippen LogP contribution in [0.3, 0.4) is 0 Å². The Morgan fingerprint density at radius 1 is 1.00 bits per heavy atom. The van der Waals surface area contributed by atoms with Crippen molar-refractivity contribution < 1.29 is 5.11 Å². The van der Waals surface area contributed by atoms with Crippen LogP contribution in [0.5, 0.6) is 0 Å². The lowest BCUT2D eigenvalue weighted by Crippen LogP contribution is -2.45. The van der Waals surface area contributed by atoms with E-state index in [4.69, 9.17) is 0 Å². The normalized spacial score (nSPS) is 36.0. The van der Waals surface area contributed by atoms with Gasteiger partial charge in [0.25, 0.3) is 0 Å². The summed E-state index contributed by atoms with van der Waals surface area (Å²) in [5.74, 6) is 1.58. The molecule has 5 rings (SSSR count). The standard InChI is InChI=1S/C22H27NO/c24-22(19-9-7-16-5-1-2-6-17(16)13-19)20-10-8-18(14-20)21(22)15-23-11-3-4-12-23/h1-2,5-7,9,13,18,20-21,24H,3-4,8,10-12,14-15H2. The molecule has 2 aromatic carbocycles. The van der Waals surface area contributed by atoms with E-state index in [1.54, 1.807) is 0 Å². The van der Waals surface area contributed by atoms with Crippen LogP contribution < -0.4 is 0 Å². The Labute approximate surface area is 144 Å². The van der Waals surface area contributed by atoms with Crippen LogP contribution in [0.25, 0.3) is 10.8 Å². The second-order valence-electron chi connectivity index (χ2n) is 8.27. The van der Waals surface area contributed by atoms with Gasteiger partial charge < -0.3 is 10.0 Å². The molecular weight excluding hydrogens is 294 g/mol. The van der Waals surface area contributed by atoms with E-state index in [1.807, 2.05) is 0 Å². The second kappa shape index (κ2) is 5.57. The first kappa shape index (κ1) is 14.9. The Hall–Kier alpha value is -1.38. The van der Waals surface area contributed by atoms with Crippen molar-refractivity contribution >= 4 is 10.8 Å². The first-order valence-corrected chi connectivity index (χ1v) is 9.69. The molecule has 4 unspecified atom stereocenters. The Kier molecular flexibility index (Phi) is 3.46. The highest BCUT2D eigenvalue weighted by Gasteiger charge is 2.58. The second-order valence-corrected chi connectivity index (χ2v) is 8.27. The van der Waals surface area contributed by atoms with Crippen molar-refractivity contribution in [2.24, 2.45) is 17.8 Å². The van der Waals surface area contributed by atoms with Crippen molar-refractivity contribution in [3.8, 4) is 0 Å². The molecule has 1 saturated heterocycles. The lowest BCUT2D eigenvalue weighted by molar-refractivity contribution is -0.0748. The number of aliphatic hydroxyl groups is 1. The molecule has 2 aliphatic carbocycles. The van der Waals surface area contributed by atoms with Crippen LogP contribution in [-0.4, -0.2) is 29.6 Å². The maximum Gasteiger partial charge on any atom is 0.0967 e. The Bertz CT molecular complexity index is 750. The first-order chi connectivity index (χ1) is 11.7. The molecule has 4 atom stereocenters. The lowest BCUT2D eigenvalue weighted by atomic mass is 9.71. The number of hydrogen-bond donors (Lipinski definition) is 1. The molecule has 2 bridgehead atoms. The summed E-state index contributed by atoms with van der Waals surface area (Å²) >= 11 is 0. The van der Waals surface area contributed by atoms with Gasteiger partial charge in [-0.15, -0.1) is 0 Å². The predicted octanol–water partition coefficient (Wildman–Crippen LogP) is 4.17. The molecular formula is C22H27NO. The fourth-order valence-electron chi connectivity index (χ4n) is 5.86. The summed E-state index contributed by atoms with van der Waals surface area (Å²) in [5.41, 5.74) is 0.549. The van der Waals surface area contributed by atoms with Gasteiger partial charge in [-0.1, -0.05) is 36.4 Å². The van der Waals surface area contributed by atoms with Gasteiger partial charge in [-0.3, -0.25) is 0 Å². The molecule has 3 fully saturated rings. The van der Waals surface area contributed by atoms with E-state index in [0.29, 0.717) is 17.8 Å². The summed E-state index contributed by atoms with van der Waals surface area (Å²) in [6.07, 6.45) is 6.40. The molecule has 126 valence electrons. The van der Waals surface area contributed by atoms with Gasteiger partial charge in [0.05, 0.1) is 5.60 Å². The van der Waals surface area contributed by atoms with Crippen LogP contribution >= 0.6 is 0 Å². The molecule has 0 radical (unpaired) electrons. The molecule has 2 aromatic rings. The number of hydrogen-bond acceptors (Lipinski definition) is 2. The topological polar surface area (TPSA) is 23.5 Å². The van der Waals surface area contributed by atoms with Gasteiger partial charge in [-0.25, -0.2) is 0 Å². The lowest BCUT2D eigenvalue weighted by Gasteiger charge is -2.42. The van der Waals surface area contributed by atoms with Crippen molar-refractivity contribution in [1.82, 2.24) is 4.90 Å². The molecule has 2 nitrogen and oxygen atoms in total. The molecule has 24 heavy (non-hydrogen) atoms. The maximum absolute atomic E-state index is 11.9. The monoisotopic (exact) mass is 321 g/mol. The fourth-order valence-corrected chi connectivity index (χ4v) is 5.86. The minimum atomic E-state index is -0.616. The molecule has 0 amide bonds. The third-order valence-corrected chi connectivity index (χ3v) is 7.10. The maximum atomic E-state index is 11.9. The van der Waals surface area contributed by atoms with E-state index in [2.05, 4.69) is 47.4 Å². The zero-order chi connectivity index (χ0) is 16.1. The van der Waals surface area contributed by atoms with E-state index in [1.165, 1.54) is 56.0 Å². The van der Waals surface area contributed by atoms with E-state index in [-0.39, 0.29) is 0 Å². The zero-order valence-electron chi connectivity index (χ0n) is 14.3. The van der Waals surface area contributed by atoms with Gasteiger partial charge >= 0.3 is 0 Å². The van der Waals surface area contributed by atoms with E-state index in [0.717, 1.165) is 12.1 Å². The largest absolute Gasteiger partial charge is 0.385 e. The van der Waals surface area contributed by atoms with Gasteiger partial charge in [-0.05, 0) is 79.4 Å². The Balaban J connectivity index is 1.54. The van der Waals surface area contributed by atoms with Crippen LogP contribution in [0.2, 0.25) is 0 Å². The molecule has 2 saturated carbocycles. The zero-order valence-corrected chi connectivity index (χ0v) is 14.3. The van der Waals surface area contributed by atoms with Crippen LogP contribution in [0.15, 0.2) is 42.5 Å². The summed E-state index contributed by atoms with van der Waals surface area (Å²) in [5, 5.41) is 14.4. The van der Waals surface area contributed by atoms with Crippen molar-refractivity contribution in [3.05, 3.63) is 48.0 Å². The highest BCUT2D eigenvalue weighted by atomic mass is 16.3. The minimum Gasteiger partial charge on any atom is -0.385 e. The average molecular weight is 321 g/mol. The van der Waals surface area contributed by atoms with E-state index in [9.17, 15) is 5.11 Å². The van der Waals surface area contributed by atoms with Crippen LogP contribution in [0, 0.1) is 17.8 Å². The number of likely N-dealkylation sites (tertiary alicyclic amines) is 1. The molecule has 1 heterocycles. The van der Waals surface area contributed by atoms with Gasteiger partial charge in [0.2, 0.25) is 0 Å². The number of benzene rings is 2. The molecule has 3 aliphatic rings. The van der Waals surface area contributed by atoms with Crippen molar-refractivity contribution in [2.45, 2.75) is 37.7 Å². The summed E-state index contributed by atoms with van der Waals surface area (Å²) in [6, 6.07) is 15.2. The smallest absolute Gasteiger partial charge is 0.0967 e. The Morgan fingerprint density at radius 2 is 1.79 bits per heavy atom. The highest BCUT2D eigenvalue weighted by Crippen LogP contribution is 2.59. The SMILES string of the molecule is OC1(c2ccc3ccccc3c2)C2CCC(C2)C1CN1CCCC1. The van der Waals surface area contributed by atoms with Gasteiger partial charge in [0.15, 0.2) is 0 Å². The van der Waals surface area contributed by atoms with Gasteiger partial charge in [0, 0.05) is 12.5 Å². The summed E-state index contributed by atoms with van der Waals surface area (Å²) in [7, 11) is 0. The van der Waals surface area contributed by atoms with Crippen molar-refractivity contribution in [2.75, 3.05) is 19.6 Å². The molecule has 1 N–H and O–H groups in total. The Morgan fingerprint density at radius 3 is 2.62 bits per heavy atom. The highest BCUT2D eigenvalue weighted by molar-refractivity contribution is 5.83. The van der Waals surface area contributed by atoms with E-state index >= 15 is 0 Å². The summed E-state index contributed by atoms with van der Waals surface area (Å²) < 4.78 is 0. The molecule has 0 spiro atoms. The third kappa shape index (κ3) is 2.16. The van der Waals surface area contributed by atoms with E-state index < -0.39 is 5.60 Å². The first-order valence-electron chi connectivity index (χ1n) is 9.69. The molecule has 0 aromatic heterocycles. The van der Waals surface area contributed by atoms with Crippen LogP contribution in [-0.2, 0) is 5.60 Å². The summed E-state index contributed by atoms with van der Waals surface area (Å²) in [4.78, 5) is 2.59. The van der Waals surface area contributed by atoms with Gasteiger partial charge in [-0.2, -0.15) is 0 Å². The third-order valence-electron chi connectivity index (χ3n) is 7.10. The van der Waals surface area contributed by atoms with Crippen LogP contribution in [0.1, 0.15) is 37.7 Å². The quantitative estimate of drug-likeness (QED) is 0.917. The summed E-state index contributed by atoms with van der Waals surface area (Å²) in [6.45, 7) is 3.54. The number of rotatable bonds is 3. The predicted molar refractivity (Wildman–Crippen MR) is 97.8 cm³/mol. The van der Waals surface area contributed by atoms with Crippen molar-refractivity contribution in [1.29, 1.82) is 0 Å². The molecule has 2 heteroatoms. The minimum absolute atomic E-state index is 0.413. The fraction of sp³-hybridized carbons (Fsp3) is 0.545. The number of nitrogens with zero attached hydrogens (tertiary/aromatic N) is 1.